The van der Waals surface area contributed by atoms with E-state index in [-0.39, 0.29) is 12.3 Å². The number of aryl methyl sites for hydroxylation is 1. The molecule has 0 aliphatic carbocycles. The van der Waals surface area contributed by atoms with Gasteiger partial charge in [-0.2, -0.15) is 0 Å². The van der Waals surface area contributed by atoms with Crippen molar-refractivity contribution in [3.05, 3.63) is 88.2 Å². The van der Waals surface area contributed by atoms with E-state index in [0.717, 1.165) is 11.3 Å². The van der Waals surface area contributed by atoms with E-state index in [1.165, 1.54) is 4.31 Å². The van der Waals surface area contributed by atoms with Gasteiger partial charge in [0.05, 0.1) is 17.5 Å². The SMILES string of the molecule is Cc1ccc(N(Cc2ccc[nH]2)S(=O)(=O)C(C)CN(C)C)cc1C(=O)c1ccc(Cl)cc1. The number of ketones is 1. The maximum Gasteiger partial charge on any atom is 0.239 e. The number of halogens is 1. The molecule has 0 saturated carbocycles. The molecule has 0 saturated heterocycles. The average molecular weight is 474 g/mol. The molecule has 32 heavy (non-hydrogen) atoms. The summed E-state index contributed by atoms with van der Waals surface area (Å²) in [5.41, 5.74) is 2.93. The second-order valence-electron chi connectivity index (χ2n) is 8.16. The van der Waals surface area contributed by atoms with Gasteiger partial charge in [0.15, 0.2) is 5.78 Å². The van der Waals surface area contributed by atoms with Gasteiger partial charge < -0.3 is 9.88 Å². The minimum atomic E-state index is -3.71. The molecule has 0 bridgehead atoms. The molecule has 2 aromatic carbocycles. The van der Waals surface area contributed by atoms with Crippen LogP contribution in [-0.4, -0.2) is 50.0 Å². The Morgan fingerprint density at radius 2 is 1.78 bits per heavy atom. The predicted octanol–water partition coefficient (Wildman–Crippen LogP) is 4.49. The normalized spacial score (nSPS) is 12.7. The maximum absolute atomic E-state index is 13.6. The molecule has 0 fully saturated rings. The molecule has 1 unspecified atom stereocenters. The Morgan fingerprint density at radius 1 is 1.09 bits per heavy atom. The minimum absolute atomic E-state index is 0.144. The van der Waals surface area contributed by atoms with Crippen molar-refractivity contribution >= 4 is 33.1 Å². The highest BCUT2D eigenvalue weighted by Crippen LogP contribution is 2.27. The van der Waals surface area contributed by atoms with Gasteiger partial charge in [0, 0.05) is 34.6 Å². The van der Waals surface area contributed by atoms with Crippen molar-refractivity contribution in [3.8, 4) is 0 Å². The van der Waals surface area contributed by atoms with Crippen LogP contribution in [-0.2, 0) is 16.6 Å². The number of nitrogens with one attached hydrogen (secondary N) is 1. The van der Waals surface area contributed by atoms with Crippen molar-refractivity contribution in [1.29, 1.82) is 0 Å². The zero-order chi connectivity index (χ0) is 23.5. The number of carbonyl (C=O) groups excluding carboxylic acids is 1. The summed E-state index contributed by atoms with van der Waals surface area (Å²) >= 11 is 5.95. The zero-order valence-corrected chi connectivity index (χ0v) is 20.2. The largest absolute Gasteiger partial charge is 0.363 e. The number of anilines is 1. The van der Waals surface area contributed by atoms with Gasteiger partial charge in [0.1, 0.15) is 0 Å². The highest BCUT2D eigenvalue weighted by atomic mass is 35.5. The number of rotatable bonds is 9. The van der Waals surface area contributed by atoms with E-state index < -0.39 is 15.3 Å². The van der Waals surface area contributed by atoms with Gasteiger partial charge in [0.2, 0.25) is 10.0 Å². The van der Waals surface area contributed by atoms with Crippen LogP contribution in [0.3, 0.4) is 0 Å². The van der Waals surface area contributed by atoms with Crippen molar-refractivity contribution in [2.75, 3.05) is 24.9 Å². The van der Waals surface area contributed by atoms with E-state index >= 15 is 0 Å². The first-order valence-electron chi connectivity index (χ1n) is 10.3. The summed E-state index contributed by atoms with van der Waals surface area (Å²) in [6.45, 7) is 4.06. The van der Waals surface area contributed by atoms with Crippen LogP contribution in [0.15, 0.2) is 60.8 Å². The molecule has 0 aliphatic heterocycles. The lowest BCUT2D eigenvalue weighted by molar-refractivity contribution is 0.103. The molecule has 0 aliphatic rings. The quantitative estimate of drug-likeness (QED) is 0.464. The second kappa shape index (κ2) is 9.90. The van der Waals surface area contributed by atoms with Crippen LogP contribution in [0.2, 0.25) is 5.02 Å². The first-order chi connectivity index (χ1) is 15.1. The lowest BCUT2D eigenvalue weighted by atomic mass is 9.98. The number of hydrogen-bond donors (Lipinski definition) is 1. The van der Waals surface area contributed by atoms with Gasteiger partial charge >= 0.3 is 0 Å². The van der Waals surface area contributed by atoms with Gasteiger partial charge in [-0.3, -0.25) is 9.10 Å². The van der Waals surface area contributed by atoms with Crippen molar-refractivity contribution in [3.63, 3.8) is 0 Å². The third-order valence-corrected chi connectivity index (χ3v) is 7.65. The van der Waals surface area contributed by atoms with Crippen molar-refractivity contribution in [2.24, 2.45) is 0 Å². The first kappa shape index (κ1) is 24.0. The van der Waals surface area contributed by atoms with E-state index in [9.17, 15) is 13.2 Å². The topological polar surface area (TPSA) is 73.5 Å². The Bertz CT molecular complexity index is 1170. The van der Waals surface area contributed by atoms with Gasteiger partial charge in [-0.15, -0.1) is 0 Å². The third-order valence-electron chi connectivity index (χ3n) is 5.27. The molecule has 1 atom stereocenters. The van der Waals surface area contributed by atoms with Gasteiger partial charge in [-0.05, 0) is 82.0 Å². The van der Waals surface area contributed by atoms with Crippen LogP contribution in [0, 0.1) is 6.92 Å². The van der Waals surface area contributed by atoms with Crippen molar-refractivity contribution < 1.29 is 13.2 Å². The average Bonchev–Trinajstić information content (AvgIpc) is 3.25. The highest BCUT2D eigenvalue weighted by molar-refractivity contribution is 7.93. The fraction of sp³-hybridized carbons (Fsp3) is 0.292. The summed E-state index contributed by atoms with van der Waals surface area (Å²) in [5, 5.41) is -0.0886. The highest BCUT2D eigenvalue weighted by Gasteiger charge is 2.30. The number of nitrogens with zero attached hydrogens (tertiary/aromatic N) is 2. The molecule has 170 valence electrons. The molecule has 8 heteroatoms. The fourth-order valence-corrected chi connectivity index (χ4v) is 5.31. The molecular formula is C24H28ClN3O3S. The van der Waals surface area contributed by atoms with Crippen LogP contribution < -0.4 is 4.31 Å². The van der Waals surface area contributed by atoms with Gasteiger partial charge in [-0.1, -0.05) is 17.7 Å². The van der Waals surface area contributed by atoms with Crippen LogP contribution in [0.25, 0.3) is 0 Å². The fourth-order valence-electron chi connectivity index (χ4n) is 3.54. The van der Waals surface area contributed by atoms with Gasteiger partial charge in [-0.25, -0.2) is 8.42 Å². The monoisotopic (exact) mass is 473 g/mol. The molecule has 6 nitrogen and oxygen atoms in total. The van der Waals surface area contributed by atoms with E-state index in [0.29, 0.717) is 28.4 Å². The second-order valence-corrected chi connectivity index (χ2v) is 10.9. The van der Waals surface area contributed by atoms with Gasteiger partial charge in [0.25, 0.3) is 0 Å². The smallest absolute Gasteiger partial charge is 0.239 e. The third kappa shape index (κ3) is 5.41. The van der Waals surface area contributed by atoms with Crippen LogP contribution in [0.1, 0.15) is 34.1 Å². The molecule has 1 N–H and O–H groups in total. The maximum atomic E-state index is 13.6. The lowest BCUT2D eigenvalue weighted by Crippen LogP contribution is -2.41. The molecule has 1 heterocycles. The number of H-pyrrole nitrogens is 1. The zero-order valence-electron chi connectivity index (χ0n) is 18.7. The van der Waals surface area contributed by atoms with Crippen molar-refractivity contribution in [2.45, 2.75) is 25.6 Å². The van der Waals surface area contributed by atoms with Crippen LogP contribution in [0.4, 0.5) is 5.69 Å². The van der Waals surface area contributed by atoms with Crippen LogP contribution in [0.5, 0.6) is 0 Å². The number of sulfonamides is 1. The Balaban J connectivity index is 2.05. The number of hydrogen-bond acceptors (Lipinski definition) is 4. The molecular weight excluding hydrogens is 446 g/mol. The lowest BCUT2D eigenvalue weighted by Gasteiger charge is -2.29. The van der Waals surface area contributed by atoms with E-state index in [1.54, 1.807) is 55.6 Å². The standard InChI is InChI=1S/C24H28ClN3O3S/c1-17-7-12-22(14-23(17)24(29)19-8-10-20(25)11-9-19)28(16-21-6-5-13-26-21)32(30,31)18(2)15-27(3)4/h5-14,18,26H,15-16H2,1-4H3. The Morgan fingerprint density at radius 3 is 2.38 bits per heavy atom. The summed E-state index contributed by atoms with van der Waals surface area (Å²) in [4.78, 5) is 18.1. The summed E-state index contributed by atoms with van der Waals surface area (Å²) in [5.74, 6) is -0.181. The number of benzene rings is 2. The molecule has 0 spiro atoms. The summed E-state index contributed by atoms with van der Waals surface area (Å²) < 4.78 is 28.5. The summed E-state index contributed by atoms with van der Waals surface area (Å²) in [6, 6.07) is 15.5. The van der Waals surface area contributed by atoms with Crippen LogP contribution >= 0.6 is 11.6 Å². The first-order valence-corrected chi connectivity index (χ1v) is 12.2. The van der Waals surface area contributed by atoms with E-state index in [2.05, 4.69) is 4.98 Å². The molecule has 0 radical (unpaired) electrons. The molecule has 0 amide bonds. The minimum Gasteiger partial charge on any atom is -0.363 e. The Hall–Kier alpha value is -2.61. The molecule has 1 aromatic heterocycles. The summed E-state index contributed by atoms with van der Waals surface area (Å²) in [7, 11) is -0.0212. The number of aromatic nitrogens is 1. The van der Waals surface area contributed by atoms with E-state index in [1.807, 2.05) is 38.1 Å². The Labute approximate surface area is 194 Å². The molecule has 3 aromatic rings. The van der Waals surface area contributed by atoms with Crippen molar-refractivity contribution in [1.82, 2.24) is 9.88 Å². The predicted molar refractivity (Wildman–Crippen MR) is 130 cm³/mol. The molecule has 3 rings (SSSR count). The summed E-state index contributed by atoms with van der Waals surface area (Å²) in [6.07, 6.45) is 1.76. The Kier molecular flexibility index (Phi) is 7.44. The number of carbonyl (C=O) groups is 1. The van der Waals surface area contributed by atoms with E-state index in [4.69, 9.17) is 11.6 Å². The number of aromatic amines is 1.